The molecule has 0 N–H and O–H groups in total. The van der Waals surface area contributed by atoms with Gasteiger partial charge in [0.1, 0.15) is 6.61 Å². The maximum absolute atomic E-state index is 5.91. The molecule has 0 atom stereocenters. The maximum atomic E-state index is 5.91. The lowest BCUT2D eigenvalue weighted by molar-refractivity contribution is 0.284. The van der Waals surface area contributed by atoms with Crippen molar-refractivity contribution >= 4 is 11.6 Å². The fourth-order valence-electron chi connectivity index (χ4n) is 2.79. The molecule has 0 radical (unpaired) electrons. The van der Waals surface area contributed by atoms with Crippen LogP contribution in [0.5, 0.6) is 11.5 Å². The summed E-state index contributed by atoms with van der Waals surface area (Å²) >= 11 is 5.84. The first-order valence-electron chi connectivity index (χ1n) is 7.26. The quantitative estimate of drug-likeness (QED) is 0.757. The van der Waals surface area contributed by atoms with Crippen molar-refractivity contribution in [3.63, 3.8) is 0 Å². The number of methoxy groups -OCH3 is 1. The molecule has 2 nitrogen and oxygen atoms in total. The van der Waals surface area contributed by atoms with Crippen LogP contribution in [0.25, 0.3) is 0 Å². The summed E-state index contributed by atoms with van der Waals surface area (Å²) in [6.45, 7) is 0.559. The summed E-state index contributed by atoms with van der Waals surface area (Å²) in [5.74, 6) is 1.96. The summed E-state index contributed by atoms with van der Waals surface area (Å²) < 4.78 is 11.3. The lowest BCUT2D eigenvalue weighted by Gasteiger charge is -2.12. The number of benzene rings is 2. The third-order valence-electron chi connectivity index (χ3n) is 3.94. The predicted octanol–water partition coefficient (Wildman–Crippen LogP) is 4.50. The lowest BCUT2D eigenvalue weighted by atomic mass is 10.1. The molecule has 21 heavy (non-hydrogen) atoms. The summed E-state index contributed by atoms with van der Waals surface area (Å²) in [4.78, 5) is 0. The van der Waals surface area contributed by atoms with E-state index in [1.54, 1.807) is 7.11 Å². The summed E-state index contributed by atoms with van der Waals surface area (Å²) in [7, 11) is 1.65. The van der Waals surface area contributed by atoms with Crippen LogP contribution in [-0.4, -0.2) is 7.11 Å². The van der Waals surface area contributed by atoms with Gasteiger partial charge in [-0.05, 0) is 53.6 Å². The zero-order valence-corrected chi connectivity index (χ0v) is 13.0. The minimum absolute atomic E-state index is 0.474. The monoisotopic (exact) mass is 302 g/mol. The van der Waals surface area contributed by atoms with Gasteiger partial charge in [0.05, 0.1) is 7.11 Å². The normalized spacial score (nSPS) is 13.0. The Morgan fingerprint density at radius 1 is 0.952 bits per heavy atom. The van der Waals surface area contributed by atoms with Crippen LogP contribution in [0.4, 0.5) is 0 Å². The van der Waals surface area contributed by atoms with Gasteiger partial charge in [-0.1, -0.05) is 24.3 Å². The Labute approximate surface area is 130 Å². The molecule has 0 heterocycles. The number of aryl methyl sites for hydroxylation is 2. The maximum Gasteiger partial charge on any atom is 0.161 e. The molecule has 0 fully saturated rings. The third kappa shape index (κ3) is 3.16. The van der Waals surface area contributed by atoms with Gasteiger partial charge in [-0.25, -0.2) is 0 Å². The zero-order valence-electron chi connectivity index (χ0n) is 12.2. The molecule has 0 saturated carbocycles. The van der Waals surface area contributed by atoms with Crippen molar-refractivity contribution in [2.45, 2.75) is 31.7 Å². The third-order valence-corrected chi connectivity index (χ3v) is 4.25. The molecule has 110 valence electrons. The fourth-order valence-corrected chi connectivity index (χ4v) is 2.96. The highest BCUT2D eigenvalue weighted by Gasteiger charge is 2.11. The summed E-state index contributed by atoms with van der Waals surface area (Å²) in [5, 5.41) is 0. The van der Waals surface area contributed by atoms with E-state index in [4.69, 9.17) is 21.1 Å². The van der Waals surface area contributed by atoms with Crippen molar-refractivity contribution in [2.75, 3.05) is 7.11 Å². The van der Waals surface area contributed by atoms with E-state index in [1.165, 1.54) is 36.0 Å². The van der Waals surface area contributed by atoms with Crippen LogP contribution >= 0.6 is 11.6 Å². The van der Waals surface area contributed by atoms with Crippen molar-refractivity contribution in [3.8, 4) is 11.5 Å². The average molecular weight is 303 g/mol. The van der Waals surface area contributed by atoms with E-state index < -0.39 is 0 Å². The molecule has 1 aliphatic carbocycles. The van der Waals surface area contributed by atoms with E-state index in [1.807, 2.05) is 18.2 Å². The Bertz CT molecular complexity index is 637. The molecule has 3 rings (SSSR count). The van der Waals surface area contributed by atoms with Crippen molar-refractivity contribution < 1.29 is 9.47 Å². The molecule has 0 bridgehead atoms. The Morgan fingerprint density at radius 3 is 2.57 bits per heavy atom. The van der Waals surface area contributed by atoms with E-state index >= 15 is 0 Å². The highest BCUT2D eigenvalue weighted by molar-refractivity contribution is 6.17. The zero-order chi connectivity index (χ0) is 14.7. The first kappa shape index (κ1) is 14.3. The predicted molar refractivity (Wildman–Crippen MR) is 85.4 cm³/mol. The standard InChI is InChI=1S/C18H19ClO2/c1-20-18-10-13(11-19)6-8-17(18)21-12-14-5-7-15-3-2-4-16(15)9-14/h5-10H,2-4,11-12H2,1H3. The second-order valence-electron chi connectivity index (χ2n) is 5.36. The second kappa shape index (κ2) is 6.40. The van der Waals surface area contributed by atoms with E-state index in [0.717, 1.165) is 17.1 Å². The Balaban J connectivity index is 1.72. The number of rotatable bonds is 5. The second-order valence-corrected chi connectivity index (χ2v) is 5.63. The van der Waals surface area contributed by atoms with Crippen LogP contribution in [0.3, 0.4) is 0 Å². The van der Waals surface area contributed by atoms with Crippen molar-refractivity contribution in [2.24, 2.45) is 0 Å². The lowest BCUT2D eigenvalue weighted by Crippen LogP contribution is -1.99. The van der Waals surface area contributed by atoms with Crippen LogP contribution in [-0.2, 0) is 25.3 Å². The molecule has 0 unspecified atom stereocenters. The van der Waals surface area contributed by atoms with E-state index in [9.17, 15) is 0 Å². The SMILES string of the molecule is COc1cc(CCl)ccc1OCc1ccc2c(c1)CCC2. The molecular weight excluding hydrogens is 284 g/mol. The van der Waals surface area contributed by atoms with Crippen molar-refractivity contribution in [1.82, 2.24) is 0 Å². The molecule has 0 aromatic heterocycles. The van der Waals surface area contributed by atoms with Gasteiger partial charge in [-0.15, -0.1) is 11.6 Å². The average Bonchev–Trinajstić information content (AvgIpc) is 3.00. The Hall–Kier alpha value is -1.67. The molecule has 0 spiro atoms. The molecular formula is C18H19ClO2. The van der Waals surface area contributed by atoms with Crippen molar-refractivity contribution in [3.05, 3.63) is 58.7 Å². The fraction of sp³-hybridized carbons (Fsp3) is 0.333. The number of alkyl halides is 1. The molecule has 1 aliphatic rings. The topological polar surface area (TPSA) is 18.5 Å². The van der Waals surface area contributed by atoms with Crippen LogP contribution in [0, 0.1) is 0 Å². The number of ether oxygens (including phenoxy) is 2. The highest BCUT2D eigenvalue weighted by atomic mass is 35.5. The van der Waals surface area contributed by atoms with Gasteiger partial charge in [0, 0.05) is 5.88 Å². The van der Waals surface area contributed by atoms with Crippen LogP contribution in [0.2, 0.25) is 0 Å². The van der Waals surface area contributed by atoms with Crippen molar-refractivity contribution in [1.29, 1.82) is 0 Å². The molecule has 0 aliphatic heterocycles. The summed E-state index contributed by atoms with van der Waals surface area (Å²) in [6, 6.07) is 12.5. The van der Waals surface area contributed by atoms with Gasteiger partial charge in [0.25, 0.3) is 0 Å². The van der Waals surface area contributed by atoms with E-state index in [-0.39, 0.29) is 0 Å². The Morgan fingerprint density at radius 2 is 1.76 bits per heavy atom. The number of hydrogen-bond donors (Lipinski definition) is 0. The van der Waals surface area contributed by atoms with Gasteiger partial charge >= 0.3 is 0 Å². The summed E-state index contributed by atoms with van der Waals surface area (Å²) in [6.07, 6.45) is 3.68. The molecule has 3 heteroatoms. The van der Waals surface area contributed by atoms with Crippen LogP contribution in [0.1, 0.15) is 28.7 Å². The van der Waals surface area contributed by atoms with Gasteiger partial charge in [-0.2, -0.15) is 0 Å². The molecule has 2 aromatic rings. The molecule has 0 saturated heterocycles. The molecule has 0 amide bonds. The van der Waals surface area contributed by atoms with Gasteiger partial charge in [0.2, 0.25) is 0 Å². The van der Waals surface area contributed by atoms with Crippen LogP contribution < -0.4 is 9.47 Å². The minimum atomic E-state index is 0.474. The minimum Gasteiger partial charge on any atom is -0.493 e. The number of hydrogen-bond acceptors (Lipinski definition) is 2. The molecule has 2 aromatic carbocycles. The smallest absolute Gasteiger partial charge is 0.161 e. The first-order valence-corrected chi connectivity index (χ1v) is 7.80. The largest absolute Gasteiger partial charge is 0.493 e. The Kier molecular flexibility index (Phi) is 4.35. The number of fused-ring (bicyclic) bond motifs is 1. The van der Waals surface area contributed by atoms with Gasteiger partial charge in [-0.3, -0.25) is 0 Å². The van der Waals surface area contributed by atoms with E-state index in [0.29, 0.717) is 12.5 Å². The van der Waals surface area contributed by atoms with Gasteiger partial charge in [0.15, 0.2) is 11.5 Å². The van der Waals surface area contributed by atoms with E-state index in [2.05, 4.69) is 18.2 Å². The highest BCUT2D eigenvalue weighted by Crippen LogP contribution is 2.30. The van der Waals surface area contributed by atoms with Crippen LogP contribution in [0.15, 0.2) is 36.4 Å². The first-order chi connectivity index (χ1) is 10.3. The summed E-state index contributed by atoms with van der Waals surface area (Å²) in [5.41, 5.74) is 5.20. The number of halogens is 1. The van der Waals surface area contributed by atoms with Gasteiger partial charge < -0.3 is 9.47 Å².